The standard InChI is InChI=1S/C19H29N3O2/c1-14(2)20-19(23)21-15-6-8-17(9-7-15)24-18-10-12-22(13-11-18)16-4-3-5-16/h6-9,14,16,18H,3-5,10-13H2,1-2H3,(H2,20,21,23). The van der Waals surface area contributed by atoms with Gasteiger partial charge >= 0.3 is 6.03 Å². The highest BCUT2D eigenvalue weighted by Crippen LogP contribution is 2.28. The molecule has 1 saturated heterocycles. The van der Waals surface area contributed by atoms with E-state index in [1.54, 1.807) is 0 Å². The molecular formula is C19H29N3O2. The number of benzene rings is 1. The predicted octanol–water partition coefficient (Wildman–Crippen LogP) is 3.61. The van der Waals surface area contributed by atoms with E-state index in [0.717, 1.165) is 43.4 Å². The molecule has 0 spiro atoms. The van der Waals surface area contributed by atoms with Crippen LogP contribution < -0.4 is 15.4 Å². The number of nitrogens with zero attached hydrogens (tertiary/aromatic N) is 1. The summed E-state index contributed by atoms with van der Waals surface area (Å²) in [6.07, 6.45) is 6.68. The summed E-state index contributed by atoms with van der Waals surface area (Å²) in [6.45, 7) is 6.19. The Kier molecular flexibility index (Phi) is 5.61. The van der Waals surface area contributed by atoms with Gasteiger partial charge in [-0.2, -0.15) is 0 Å². The molecule has 132 valence electrons. The Bertz CT molecular complexity index is 532. The second-order valence-electron chi connectivity index (χ2n) is 7.22. The number of ether oxygens (including phenoxy) is 1. The van der Waals surface area contributed by atoms with Crippen molar-refractivity contribution >= 4 is 11.7 Å². The van der Waals surface area contributed by atoms with E-state index in [1.165, 1.54) is 19.3 Å². The van der Waals surface area contributed by atoms with Gasteiger partial charge in [-0.1, -0.05) is 6.42 Å². The minimum Gasteiger partial charge on any atom is -0.490 e. The molecule has 24 heavy (non-hydrogen) atoms. The SMILES string of the molecule is CC(C)NC(=O)Nc1ccc(OC2CCN(C3CCC3)CC2)cc1. The van der Waals surface area contributed by atoms with Gasteiger partial charge in [0.25, 0.3) is 0 Å². The molecule has 0 bridgehead atoms. The maximum absolute atomic E-state index is 11.7. The lowest BCUT2D eigenvalue weighted by atomic mass is 9.90. The number of anilines is 1. The zero-order chi connectivity index (χ0) is 16.9. The Morgan fingerprint density at radius 1 is 1.12 bits per heavy atom. The second kappa shape index (κ2) is 7.88. The Labute approximate surface area is 144 Å². The summed E-state index contributed by atoms with van der Waals surface area (Å²) in [5.41, 5.74) is 0.778. The van der Waals surface area contributed by atoms with Gasteiger partial charge in [-0.3, -0.25) is 0 Å². The molecule has 0 unspecified atom stereocenters. The van der Waals surface area contributed by atoms with Crippen LogP contribution in [0.2, 0.25) is 0 Å². The predicted molar refractivity (Wildman–Crippen MR) is 96.6 cm³/mol. The highest BCUT2D eigenvalue weighted by Gasteiger charge is 2.29. The number of carbonyl (C=O) groups excluding carboxylic acids is 1. The lowest BCUT2D eigenvalue weighted by molar-refractivity contribution is 0.0493. The molecule has 0 aromatic heterocycles. The number of rotatable bonds is 5. The first-order valence-electron chi connectivity index (χ1n) is 9.18. The van der Waals surface area contributed by atoms with Crippen LogP contribution in [0.5, 0.6) is 5.75 Å². The van der Waals surface area contributed by atoms with Gasteiger partial charge in [0.05, 0.1) is 0 Å². The minimum atomic E-state index is -0.179. The third-order valence-electron chi connectivity index (χ3n) is 4.90. The van der Waals surface area contributed by atoms with E-state index in [9.17, 15) is 4.79 Å². The van der Waals surface area contributed by atoms with Crippen molar-refractivity contribution in [3.63, 3.8) is 0 Å². The molecule has 2 fully saturated rings. The van der Waals surface area contributed by atoms with Gasteiger partial charge in [0.2, 0.25) is 0 Å². The smallest absolute Gasteiger partial charge is 0.319 e. The maximum Gasteiger partial charge on any atom is 0.319 e. The number of amides is 2. The Morgan fingerprint density at radius 2 is 1.79 bits per heavy atom. The zero-order valence-corrected chi connectivity index (χ0v) is 14.8. The summed E-state index contributed by atoms with van der Waals surface area (Å²) in [4.78, 5) is 14.3. The molecule has 1 heterocycles. The van der Waals surface area contributed by atoms with Crippen LogP contribution in [0.4, 0.5) is 10.5 Å². The fourth-order valence-corrected chi connectivity index (χ4v) is 3.35. The third kappa shape index (κ3) is 4.63. The maximum atomic E-state index is 11.7. The second-order valence-corrected chi connectivity index (χ2v) is 7.22. The quantitative estimate of drug-likeness (QED) is 0.866. The third-order valence-corrected chi connectivity index (χ3v) is 4.90. The number of likely N-dealkylation sites (tertiary alicyclic amines) is 1. The number of hydrogen-bond donors (Lipinski definition) is 2. The van der Waals surface area contributed by atoms with Gasteiger partial charge in [-0.05, 0) is 63.8 Å². The summed E-state index contributed by atoms with van der Waals surface area (Å²) in [7, 11) is 0. The van der Waals surface area contributed by atoms with Gasteiger partial charge in [-0.25, -0.2) is 4.79 Å². The molecule has 0 atom stereocenters. The average molecular weight is 331 g/mol. The molecule has 1 aromatic rings. The molecule has 0 radical (unpaired) electrons. The number of hydrogen-bond acceptors (Lipinski definition) is 3. The molecule has 1 saturated carbocycles. The van der Waals surface area contributed by atoms with Crippen LogP contribution in [0.1, 0.15) is 46.0 Å². The Hall–Kier alpha value is -1.75. The van der Waals surface area contributed by atoms with Gasteiger partial charge in [0.15, 0.2) is 0 Å². The molecule has 1 aliphatic heterocycles. The molecule has 5 heteroatoms. The first-order valence-corrected chi connectivity index (χ1v) is 9.18. The van der Waals surface area contributed by atoms with Crippen LogP contribution in [0, 0.1) is 0 Å². The largest absolute Gasteiger partial charge is 0.490 e. The first kappa shape index (κ1) is 17.1. The van der Waals surface area contributed by atoms with E-state index >= 15 is 0 Å². The normalized spacial score (nSPS) is 19.8. The molecule has 2 amide bonds. The first-order chi connectivity index (χ1) is 11.6. The van der Waals surface area contributed by atoms with E-state index in [2.05, 4.69) is 15.5 Å². The lowest BCUT2D eigenvalue weighted by Gasteiger charge is -2.41. The van der Waals surface area contributed by atoms with Crippen molar-refractivity contribution < 1.29 is 9.53 Å². The van der Waals surface area contributed by atoms with Crippen LogP contribution in [0.15, 0.2) is 24.3 Å². The molecule has 2 N–H and O–H groups in total. The van der Waals surface area contributed by atoms with Crippen molar-refractivity contribution in [1.29, 1.82) is 0 Å². The van der Waals surface area contributed by atoms with Gasteiger partial charge in [0.1, 0.15) is 11.9 Å². The van der Waals surface area contributed by atoms with E-state index in [4.69, 9.17) is 4.74 Å². The number of nitrogens with one attached hydrogen (secondary N) is 2. The van der Waals surface area contributed by atoms with Crippen LogP contribution in [0.25, 0.3) is 0 Å². The summed E-state index contributed by atoms with van der Waals surface area (Å²) < 4.78 is 6.10. The van der Waals surface area contributed by atoms with Gasteiger partial charge in [-0.15, -0.1) is 0 Å². The Balaban J connectivity index is 1.43. The van der Waals surface area contributed by atoms with Crippen LogP contribution >= 0.6 is 0 Å². The topological polar surface area (TPSA) is 53.6 Å². The van der Waals surface area contributed by atoms with Crippen LogP contribution in [-0.2, 0) is 0 Å². The van der Waals surface area contributed by atoms with Crippen molar-refractivity contribution in [1.82, 2.24) is 10.2 Å². The summed E-state index contributed by atoms with van der Waals surface area (Å²) >= 11 is 0. The highest BCUT2D eigenvalue weighted by atomic mass is 16.5. The monoisotopic (exact) mass is 331 g/mol. The fraction of sp³-hybridized carbons (Fsp3) is 0.632. The molecule has 5 nitrogen and oxygen atoms in total. The van der Waals surface area contributed by atoms with E-state index in [1.807, 2.05) is 38.1 Å². The summed E-state index contributed by atoms with van der Waals surface area (Å²) in [5, 5.41) is 5.63. The minimum absolute atomic E-state index is 0.124. The summed E-state index contributed by atoms with van der Waals surface area (Å²) in [5.74, 6) is 0.881. The number of urea groups is 1. The van der Waals surface area contributed by atoms with Gasteiger partial charge < -0.3 is 20.3 Å². The molecular weight excluding hydrogens is 302 g/mol. The van der Waals surface area contributed by atoms with Crippen molar-refractivity contribution in [3.8, 4) is 5.75 Å². The van der Waals surface area contributed by atoms with E-state index in [0.29, 0.717) is 6.10 Å². The number of piperidine rings is 1. The molecule has 1 aromatic carbocycles. The van der Waals surface area contributed by atoms with Crippen molar-refractivity contribution in [2.24, 2.45) is 0 Å². The molecule has 3 rings (SSSR count). The van der Waals surface area contributed by atoms with E-state index in [-0.39, 0.29) is 12.1 Å². The average Bonchev–Trinajstić information content (AvgIpc) is 2.48. The number of carbonyl (C=O) groups is 1. The van der Waals surface area contributed by atoms with Crippen molar-refractivity contribution in [2.75, 3.05) is 18.4 Å². The van der Waals surface area contributed by atoms with Crippen molar-refractivity contribution in [3.05, 3.63) is 24.3 Å². The fourth-order valence-electron chi connectivity index (χ4n) is 3.35. The van der Waals surface area contributed by atoms with Crippen molar-refractivity contribution in [2.45, 2.75) is 64.1 Å². The molecule has 2 aliphatic rings. The Morgan fingerprint density at radius 3 is 2.33 bits per heavy atom. The summed E-state index contributed by atoms with van der Waals surface area (Å²) in [6, 6.07) is 8.43. The zero-order valence-electron chi connectivity index (χ0n) is 14.8. The van der Waals surface area contributed by atoms with E-state index < -0.39 is 0 Å². The van der Waals surface area contributed by atoms with Crippen LogP contribution in [0.3, 0.4) is 0 Å². The molecule has 1 aliphatic carbocycles. The van der Waals surface area contributed by atoms with Gasteiger partial charge in [0, 0.05) is 30.9 Å². The highest BCUT2D eigenvalue weighted by molar-refractivity contribution is 5.89. The van der Waals surface area contributed by atoms with Crippen LogP contribution in [-0.4, -0.2) is 42.2 Å². The lowest BCUT2D eigenvalue weighted by Crippen LogP contribution is -2.46.